The highest BCUT2D eigenvalue weighted by molar-refractivity contribution is 6.31. The van der Waals surface area contributed by atoms with Gasteiger partial charge in [0.05, 0.1) is 17.1 Å². The van der Waals surface area contributed by atoms with Gasteiger partial charge in [0.25, 0.3) is 5.91 Å². The SMILES string of the molecule is C[C@H](Nc1ncnc2c(C(F)(F)F)cc(Cl)cc12)c1ncnn1-c1cc(C(=O)NC2CC2)ncn1. The third-order valence-corrected chi connectivity index (χ3v) is 5.56. The van der Waals surface area contributed by atoms with Crippen LogP contribution in [0.2, 0.25) is 5.02 Å². The minimum atomic E-state index is -4.64. The number of carbonyl (C=O) groups is 1. The number of anilines is 1. The monoisotopic (exact) mass is 503 g/mol. The van der Waals surface area contributed by atoms with Crippen LogP contribution in [0.15, 0.2) is 37.2 Å². The van der Waals surface area contributed by atoms with E-state index in [-0.39, 0.29) is 39.4 Å². The zero-order chi connectivity index (χ0) is 24.7. The number of halogens is 4. The minimum absolute atomic E-state index is 0.100. The standard InChI is InChI=1S/C21H17ClF3N9O/c1-10(32-18-13-4-11(22)5-14(21(23,24)25)17(13)28-8-29-18)19-30-9-31-34(19)16-6-15(26-7-27-16)20(35)33-12-2-3-12/h4-10,12H,2-3H2,1H3,(H,33,35)(H,28,29,32)/t10-/m0/s1. The van der Waals surface area contributed by atoms with Gasteiger partial charge >= 0.3 is 6.18 Å². The van der Waals surface area contributed by atoms with Gasteiger partial charge in [0.15, 0.2) is 11.6 Å². The molecule has 1 aromatic carbocycles. The van der Waals surface area contributed by atoms with Crippen LogP contribution in [0, 0.1) is 0 Å². The molecular formula is C21H17ClF3N9O. The Morgan fingerprint density at radius 2 is 1.86 bits per heavy atom. The molecule has 0 spiro atoms. The van der Waals surface area contributed by atoms with Gasteiger partial charge in [-0.1, -0.05) is 11.6 Å². The van der Waals surface area contributed by atoms with E-state index < -0.39 is 17.8 Å². The van der Waals surface area contributed by atoms with Gasteiger partial charge in [-0.2, -0.15) is 23.0 Å². The second-order valence-electron chi connectivity index (χ2n) is 7.97. The van der Waals surface area contributed by atoms with Crippen LogP contribution in [0.3, 0.4) is 0 Å². The second kappa shape index (κ2) is 8.73. The summed E-state index contributed by atoms with van der Waals surface area (Å²) in [5.74, 6) is 0.505. The van der Waals surface area contributed by atoms with Crippen molar-refractivity contribution >= 4 is 34.2 Å². The maximum atomic E-state index is 13.5. The minimum Gasteiger partial charge on any atom is -0.360 e. The van der Waals surface area contributed by atoms with E-state index in [9.17, 15) is 18.0 Å². The molecule has 0 saturated heterocycles. The van der Waals surface area contributed by atoms with E-state index in [1.807, 2.05) is 0 Å². The highest BCUT2D eigenvalue weighted by Gasteiger charge is 2.34. The molecule has 1 aliphatic carbocycles. The Bertz CT molecular complexity index is 1420. The molecule has 4 aromatic rings. The van der Waals surface area contributed by atoms with Crippen molar-refractivity contribution in [2.75, 3.05) is 5.32 Å². The summed E-state index contributed by atoms with van der Waals surface area (Å²) in [6.07, 6.45) is 0.827. The summed E-state index contributed by atoms with van der Waals surface area (Å²) in [6, 6.07) is 3.26. The van der Waals surface area contributed by atoms with Crippen LogP contribution in [0.25, 0.3) is 16.7 Å². The van der Waals surface area contributed by atoms with E-state index in [2.05, 4.69) is 40.7 Å². The number of alkyl halides is 3. The first kappa shape index (κ1) is 22.9. The van der Waals surface area contributed by atoms with Gasteiger partial charge in [0, 0.05) is 22.5 Å². The van der Waals surface area contributed by atoms with Gasteiger partial charge in [-0.05, 0) is 31.9 Å². The second-order valence-corrected chi connectivity index (χ2v) is 8.41. The molecule has 3 heterocycles. The number of aromatic nitrogens is 7. The van der Waals surface area contributed by atoms with Crippen molar-refractivity contribution < 1.29 is 18.0 Å². The first-order chi connectivity index (χ1) is 16.7. The molecule has 1 amide bonds. The van der Waals surface area contributed by atoms with Gasteiger partial charge in [0.2, 0.25) is 0 Å². The number of hydrogen-bond acceptors (Lipinski definition) is 8. The number of fused-ring (bicyclic) bond motifs is 1. The van der Waals surface area contributed by atoms with Crippen LogP contribution < -0.4 is 10.6 Å². The molecule has 35 heavy (non-hydrogen) atoms. The Kier molecular flexibility index (Phi) is 5.71. The van der Waals surface area contributed by atoms with Crippen molar-refractivity contribution in [3.63, 3.8) is 0 Å². The zero-order valence-corrected chi connectivity index (χ0v) is 18.8. The average molecular weight is 504 g/mol. The summed E-state index contributed by atoms with van der Waals surface area (Å²) in [4.78, 5) is 32.7. The van der Waals surface area contributed by atoms with E-state index in [1.165, 1.54) is 29.5 Å². The number of benzene rings is 1. The maximum Gasteiger partial charge on any atom is 0.418 e. The fourth-order valence-electron chi connectivity index (χ4n) is 3.53. The molecule has 5 rings (SSSR count). The van der Waals surface area contributed by atoms with Gasteiger partial charge in [-0.15, -0.1) is 0 Å². The fourth-order valence-corrected chi connectivity index (χ4v) is 3.75. The molecule has 3 aromatic heterocycles. The van der Waals surface area contributed by atoms with Crippen LogP contribution in [-0.2, 0) is 6.18 Å². The topological polar surface area (TPSA) is 123 Å². The van der Waals surface area contributed by atoms with Crippen molar-refractivity contribution in [1.82, 2.24) is 40.0 Å². The Morgan fingerprint density at radius 3 is 2.60 bits per heavy atom. The van der Waals surface area contributed by atoms with Gasteiger partial charge in [0.1, 0.15) is 30.5 Å². The van der Waals surface area contributed by atoms with Crippen molar-refractivity contribution in [3.05, 3.63) is 59.3 Å². The predicted molar refractivity (Wildman–Crippen MR) is 119 cm³/mol. The molecule has 180 valence electrons. The number of nitrogens with one attached hydrogen (secondary N) is 2. The van der Waals surface area contributed by atoms with Crippen molar-refractivity contribution in [3.8, 4) is 5.82 Å². The molecule has 1 atom stereocenters. The normalized spacial score (nSPS) is 14.7. The summed E-state index contributed by atoms with van der Waals surface area (Å²) >= 11 is 5.96. The molecule has 2 N–H and O–H groups in total. The van der Waals surface area contributed by atoms with Gasteiger partial charge < -0.3 is 10.6 Å². The summed E-state index contributed by atoms with van der Waals surface area (Å²) < 4.78 is 42.0. The Morgan fingerprint density at radius 1 is 1.09 bits per heavy atom. The predicted octanol–water partition coefficient (Wildman–Crippen LogP) is 3.74. The summed E-state index contributed by atoms with van der Waals surface area (Å²) in [7, 11) is 0. The molecule has 1 fully saturated rings. The molecule has 0 unspecified atom stereocenters. The Balaban J connectivity index is 1.46. The van der Waals surface area contributed by atoms with E-state index in [0.717, 1.165) is 25.2 Å². The largest absolute Gasteiger partial charge is 0.418 e. The highest BCUT2D eigenvalue weighted by atomic mass is 35.5. The van der Waals surface area contributed by atoms with E-state index in [4.69, 9.17) is 11.6 Å². The molecule has 10 nitrogen and oxygen atoms in total. The molecule has 0 radical (unpaired) electrons. The zero-order valence-electron chi connectivity index (χ0n) is 18.1. The first-order valence-corrected chi connectivity index (χ1v) is 10.9. The highest BCUT2D eigenvalue weighted by Crippen LogP contribution is 2.38. The third kappa shape index (κ3) is 4.71. The van der Waals surface area contributed by atoms with E-state index >= 15 is 0 Å². The van der Waals surface area contributed by atoms with E-state index in [0.29, 0.717) is 11.6 Å². The Hall–Kier alpha value is -3.87. The molecule has 1 aliphatic rings. The van der Waals surface area contributed by atoms with Crippen molar-refractivity contribution in [2.45, 2.75) is 38.0 Å². The summed E-state index contributed by atoms with van der Waals surface area (Å²) in [5.41, 5.74) is -1.06. The number of hydrogen-bond donors (Lipinski definition) is 2. The van der Waals surface area contributed by atoms with Crippen molar-refractivity contribution in [2.24, 2.45) is 0 Å². The summed E-state index contributed by atoms with van der Waals surface area (Å²) in [5, 5.41) is 10.1. The lowest BCUT2D eigenvalue weighted by Crippen LogP contribution is -2.26. The van der Waals surface area contributed by atoms with Crippen LogP contribution in [-0.4, -0.2) is 46.6 Å². The van der Waals surface area contributed by atoms with Crippen LogP contribution in [0.5, 0.6) is 0 Å². The summed E-state index contributed by atoms with van der Waals surface area (Å²) in [6.45, 7) is 1.73. The third-order valence-electron chi connectivity index (χ3n) is 5.34. The maximum absolute atomic E-state index is 13.5. The first-order valence-electron chi connectivity index (χ1n) is 10.5. The molecule has 14 heteroatoms. The van der Waals surface area contributed by atoms with Crippen LogP contribution in [0.4, 0.5) is 19.0 Å². The number of rotatable bonds is 6. The fraction of sp³-hybridized carbons (Fsp3) is 0.286. The molecule has 0 bridgehead atoms. The van der Waals surface area contributed by atoms with Crippen LogP contribution >= 0.6 is 11.6 Å². The number of nitrogens with zero attached hydrogens (tertiary/aromatic N) is 7. The average Bonchev–Trinajstić information content (AvgIpc) is 3.49. The van der Waals surface area contributed by atoms with E-state index in [1.54, 1.807) is 6.92 Å². The smallest absolute Gasteiger partial charge is 0.360 e. The lowest BCUT2D eigenvalue weighted by molar-refractivity contribution is -0.136. The molecule has 1 saturated carbocycles. The van der Waals surface area contributed by atoms with Gasteiger partial charge in [-0.25, -0.2) is 24.9 Å². The molecular weight excluding hydrogens is 487 g/mol. The lowest BCUT2D eigenvalue weighted by atomic mass is 10.1. The molecule has 0 aliphatic heterocycles. The Labute approximate surface area is 201 Å². The quantitative estimate of drug-likeness (QED) is 0.408. The number of amides is 1. The number of carbonyl (C=O) groups excluding carboxylic acids is 1. The van der Waals surface area contributed by atoms with Crippen molar-refractivity contribution in [1.29, 1.82) is 0 Å². The van der Waals surface area contributed by atoms with Crippen LogP contribution in [0.1, 0.15) is 47.7 Å². The lowest BCUT2D eigenvalue weighted by Gasteiger charge is -2.17. The van der Waals surface area contributed by atoms with Gasteiger partial charge in [-0.3, -0.25) is 4.79 Å².